The molecule has 0 atom stereocenters. The molecule has 0 unspecified atom stereocenters. The lowest BCUT2D eigenvalue weighted by Gasteiger charge is -2.24. The third kappa shape index (κ3) is 2.33. The van der Waals surface area contributed by atoms with Gasteiger partial charge in [0, 0.05) is 8.99 Å². The molecule has 0 aliphatic heterocycles. The van der Waals surface area contributed by atoms with Crippen molar-refractivity contribution in [2.75, 3.05) is 0 Å². The van der Waals surface area contributed by atoms with Crippen LogP contribution in [0.1, 0.15) is 51.3 Å². The third-order valence-electron chi connectivity index (χ3n) is 7.18. The van der Waals surface area contributed by atoms with Gasteiger partial charge in [0.2, 0.25) is 0 Å². The molecule has 1 heteroatoms. The highest BCUT2D eigenvalue weighted by Crippen LogP contribution is 2.53. The molecule has 148 valence electrons. The Hall–Kier alpha value is -2.13. The van der Waals surface area contributed by atoms with E-state index in [-0.39, 0.29) is 10.8 Å². The van der Waals surface area contributed by atoms with E-state index in [1.54, 1.807) is 0 Å². The molecular weight excluding hydrogens is 475 g/mol. The Balaban J connectivity index is 1.80. The summed E-state index contributed by atoms with van der Waals surface area (Å²) in [5.74, 6) is 0. The summed E-state index contributed by atoms with van der Waals surface area (Å²) < 4.78 is 1.31. The van der Waals surface area contributed by atoms with E-state index in [0.29, 0.717) is 0 Å². The first-order chi connectivity index (χ1) is 14.2. The van der Waals surface area contributed by atoms with E-state index in [0.717, 1.165) is 0 Å². The van der Waals surface area contributed by atoms with Crippen LogP contribution < -0.4 is 0 Å². The molecule has 0 saturated heterocycles. The second-order valence-electron chi connectivity index (χ2n) is 10.4. The van der Waals surface area contributed by atoms with Crippen molar-refractivity contribution in [2.24, 2.45) is 0 Å². The van der Waals surface area contributed by atoms with Gasteiger partial charge in [-0.1, -0.05) is 77.1 Å². The molecule has 0 saturated carbocycles. The lowest BCUT2D eigenvalue weighted by Crippen LogP contribution is -2.15. The average Bonchev–Trinajstić information content (AvgIpc) is 2.91. The molecule has 1 aliphatic rings. The van der Waals surface area contributed by atoms with Crippen molar-refractivity contribution in [3.8, 4) is 11.1 Å². The van der Waals surface area contributed by atoms with Gasteiger partial charge in [-0.25, -0.2) is 0 Å². The molecule has 30 heavy (non-hydrogen) atoms. The lowest BCUT2D eigenvalue weighted by atomic mass is 9.80. The highest BCUT2D eigenvalue weighted by atomic mass is 127. The molecule has 0 heterocycles. The number of hydrogen-bond donors (Lipinski definition) is 0. The van der Waals surface area contributed by atoms with Crippen LogP contribution in [-0.2, 0) is 10.8 Å². The summed E-state index contributed by atoms with van der Waals surface area (Å²) >= 11 is 2.44. The van der Waals surface area contributed by atoms with Crippen LogP contribution >= 0.6 is 22.6 Å². The van der Waals surface area contributed by atoms with Gasteiger partial charge in [-0.3, -0.25) is 0 Å². The molecule has 0 fully saturated rings. The summed E-state index contributed by atoms with van der Waals surface area (Å²) in [6.45, 7) is 11.6. The zero-order chi connectivity index (χ0) is 21.0. The van der Waals surface area contributed by atoms with Crippen LogP contribution in [0.2, 0.25) is 0 Å². The van der Waals surface area contributed by atoms with Crippen molar-refractivity contribution < 1.29 is 0 Å². The molecule has 6 rings (SSSR count). The second-order valence-corrected chi connectivity index (χ2v) is 11.7. The Morgan fingerprint density at radius 2 is 1.33 bits per heavy atom. The molecule has 0 aromatic heterocycles. The molecule has 5 aromatic carbocycles. The Bertz CT molecular complexity index is 1480. The molecule has 0 bridgehead atoms. The van der Waals surface area contributed by atoms with Crippen molar-refractivity contribution >= 4 is 54.9 Å². The van der Waals surface area contributed by atoms with E-state index in [2.05, 4.69) is 118 Å². The normalized spacial score (nSPS) is 15.3. The van der Waals surface area contributed by atoms with E-state index in [1.807, 2.05) is 0 Å². The summed E-state index contributed by atoms with van der Waals surface area (Å²) in [4.78, 5) is 0. The van der Waals surface area contributed by atoms with Crippen LogP contribution in [0.4, 0.5) is 0 Å². The molecule has 0 N–H and O–H groups in total. The first-order valence-corrected chi connectivity index (χ1v) is 11.8. The Morgan fingerprint density at radius 1 is 0.700 bits per heavy atom. The molecular formula is C29H25I. The summed E-state index contributed by atoms with van der Waals surface area (Å²) in [6, 6.07) is 23.6. The maximum atomic E-state index is 2.46. The highest BCUT2D eigenvalue weighted by molar-refractivity contribution is 14.1. The standard InChI is InChI=1S/C29H25I/c1-28(2,3)19-12-16-6-7-18-14-24-27(22-10-8-17(13-19)25(16)26(18)22)21-11-9-20(30)15-23(21)29(24,4)5/h6-15H,1-5H3. The fraction of sp³-hybridized carbons (Fsp3) is 0.241. The van der Waals surface area contributed by atoms with Crippen LogP contribution in [-0.4, -0.2) is 0 Å². The number of benzene rings is 5. The van der Waals surface area contributed by atoms with Crippen LogP contribution in [0.5, 0.6) is 0 Å². The van der Waals surface area contributed by atoms with Crippen LogP contribution in [0.25, 0.3) is 43.4 Å². The molecule has 5 aromatic rings. The van der Waals surface area contributed by atoms with Crippen molar-refractivity contribution in [3.63, 3.8) is 0 Å². The van der Waals surface area contributed by atoms with Gasteiger partial charge in [0.1, 0.15) is 0 Å². The van der Waals surface area contributed by atoms with Crippen molar-refractivity contribution in [1.82, 2.24) is 0 Å². The summed E-state index contributed by atoms with van der Waals surface area (Å²) in [6.07, 6.45) is 0. The van der Waals surface area contributed by atoms with Crippen molar-refractivity contribution in [1.29, 1.82) is 0 Å². The molecule has 0 amide bonds. The fourth-order valence-corrected chi connectivity index (χ4v) is 6.00. The zero-order valence-electron chi connectivity index (χ0n) is 18.2. The maximum Gasteiger partial charge on any atom is 0.0159 e. The topological polar surface area (TPSA) is 0 Å². The average molecular weight is 500 g/mol. The lowest BCUT2D eigenvalue weighted by molar-refractivity contribution is 0.591. The smallest absolute Gasteiger partial charge is 0.0159 e. The van der Waals surface area contributed by atoms with Gasteiger partial charge in [0.15, 0.2) is 0 Å². The minimum atomic E-state index is 0.0235. The van der Waals surface area contributed by atoms with Crippen LogP contribution in [0.3, 0.4) is 0 Å². The van der Waals surface area contributed by atoms with Crippen molar-refractivity contribution in [3.05, 3.63) is 80.9 Å². The molecule has 0 radical (unpaired) electrons. The van der Waals surface area contributed by atoms with Gasteiger partial charge in [-0.15, -0.1) is 0 Å². The van der Waals surface area contributed by atoms with E-state index in [9.17, 15) is 0 Å². The number of rotatable bonds is 0. The van der Waals surface area contributed by atoms with E-state index >= 15 is 0 Å². The highest BCUT2D eigenvalue weighted by Gasteiger charge is 2.37. The van der Waals surface area contributed by atoms with Gasteiger partial charge < -0.3 is 0 Å². The molecule has 1 aliphatic carbocycles. The predicted octanol–water partition coefficient (Wildman–Crippen LogP) is 8.79. The van der Waals surface area contributed by atoms with Crippen LogP contribution in [0, 0.1) is 3.57 Å². The summed E-state index contributed by atoms with van der Waals surface area (Å²) in [7, 11) is 0. The van der Waals surface area contributed by atoms with E-state index in [1.165, 1.54) is 63.7 Å². The third-order valence-corrected chi connectivity index (χ3v) is 7.85. The first kappa shape index (κ1) is 18.6. The van der Waals surface area contributed by atoms with Gasteiger partial charge in [0.25, 0.3) is 0 Å². The van der Waals surface area contributed by atoms with Gasteiger partial charge in [-0.05, 0) is 106 Å². The van der Waals surface area contributed by atoms with Crippen molar-refractivity contribution in [2.45, 2.75) is 45.4 Å². The minimum Gasteiger partial charge on any atom is -0.0561 e. The summed E-state index contributed by atoms with van der Waals surface area (Å²) in [5, 5.41) is 8.31. The number of halogens is 1. The Morgan fingerprint density at radius 3 is 2.00 bits per heavy atom. The summed E-state index contributed by atoms with van der Waals surface area (Å²) in [5.41, 5.74) is 7.33. The van der Waals surface area contributed by atoms with Crippen LogP contribution in [0.15, 0.2) is 60.7 Å². The SMILES string of the molecule is CC(C)(C)c1cc2ccc3cc4c(c5ccc(c1)c2c35)-c1ccc(I)cc1C4(C)C. The van der Waals surface area contributed by atoms with Gasteiger partial charge in [0.05, 0.1) is 0 Å². The van der Waals surface area contributed by atoms with E-state index < -0.39 is 0 Å². The van der Waals surface area contributed by atoms with E-state index in [4.69, 9.17) is 0 Å². The Labute approximate surface area is 191 Å². The maximum absolute atomic E-state index is 2.46. The number of hydrogen-bond acceptors (Lipinski definition) is 0. The molecule has 0 spiro atoms. The minimum absolute atomic E-state index is 0.0235. The molecule has 0 nitrogen and oxygen atoms in total. The second kappa shape index (κ2) is 5.76. The monoisotopic (exact) mass is 500 g/mol. The first-order valence-electron chi connectivity index (χ1n) is 10.7. The fourth-order valence-electron chi connectivity index (χ4n) is 5.51. The number of fused-ring (bicyclic) bond motifs is 4. The quantitative estimate of drug-likeness (QED) is 0.147. The van der Waals surface area contributed by atoms with Gasteiger partial charge in [-0.2, -0.15) is 0 Å². The zero-order valence-corrected chi connectivity index (χ0v) is 20.3. The predicted molar refractivity (Wildman–Crippen MR) is 139 cm³/mol. The Kier molecular flexibility index (Phi) is 3.58. The largest absolute Gasteiger partial charge is 0.0561 e. The van der Waals surface area contributed by atoms with Gasteiger partial charge >= 0.3 is 0 Å².